The van der Waals surface area contributed by atoms with E-state index in [4.69, 9.17) is 4.74 Å². The number of hydrogen-bond acceptors (Lipinski definition) is 4. The van der Waals surface area contributed by atoms with Gasteiger partial charge in [0, 0.05) is 13.1 Å². The molecule has 0 bridgehead atoms. The number of carbonyl (C=O) groups is 1. The first kappa shape index (κ1) is 23.7. The zero-order chi connectivity index (χ0) is 22.5. The van der Waals surface area contributed by atoms with Crippen molar-refractivity contribution >= 4 is 21.6 Å². The van der Waals surface area contributed by atoms with Crippen molar-refractivity contribution in [3.63, 3.8) is 0 Å². The van der Waals surface area contributed by atoms with Gasteiger partial charge in [0.1, 0.15) is 5.75 Å². The summed E-state index contributed by atoms with van der Waals surface area (Å²) >= 11 is 0. The molecule has 2 rings (SSSR count). The maximum absolute atomic E-state index is 12.6. The van der Waals surface area contributed by atoms with Gasteiger partial charge in [-0.2, -0.15) is 0 Å². The van der Waals surface area contributed by atoms with Gasteiger partial charge in [0.25, 0.3) is 5.91 Å². The molecule has 0 saturated heterocycles. The van der Waals surface area contributed by atoms with E-state index in [0.29, 0.717) is 11.4 Å². The average Bonchev–Trinajstić information content (AvgIpc) is 2.67. The van der Waals surface area contributed by atoms with Crippen LogP contribution in [0.1, 0.15) is 39.7 Å². The Morgan fingerprint density at radius 2 is 1.63 bits per heavy atom. The molecule has 0 saturated carbocycles. The van der Waals surface area contributed by atoms with Crippen LogP contribution in [0.25, 0.3) is 0 Å². The van der Waals surface area contributed by atoms with Gasteiger partial charge in [-0.3, -0.25) is 9.10 Å². The monoisotopic (exact) mass is 432 g/mol. The summed E-state index contributed by atoms with van der Waals surface area (Å²) in [7, 11) is -1.84. The molecule has 0 fully saturated rings. The van der Waals surface area contributed by atoms with Crippen LogP contribution in [0.15, 0.2) is 54.6 Å². The first-order chi connectivity index (χ1) is 13.9. The lowest BCUT2D eigenvalue weighted by Gasteiger charge is -2.29. The van der Waals surface area contributed by atoms with Gasteiger partial charge in [-0.25, -0.2) is 8.42 Å². The highest BCUT2D eigenvalue weighted by molar-refractivity contribution is 7.92. The van der Waals surface area contributed by atoms with E-state index in [9.17, 15) is 13.2 Å². The fourth-order valence-electron chi connectivity index (χ4n) is 3.37. The molecule has 0 spiro atoms. The molecule has 0 aromatic heterocycles. The standard InChI is InChI=1S/C23H32N2O4S/c1-17(16-23(3,4)19-10-8-7-9-11-19)24-22(26)18(2)29-21-14-12-20(13-15-21)25(5)30(6,27)28/h7-15,17-18H,16H2,1-6H3,(H,24,26)/t17-,18+/m0/s1. The van der Waals surface area contributed by atoms with Gasteiger partial charge in [-0.15, -0.1) is 0 Å². The third-order valence-corrected chi connectivity index (χ3v) is 6.35. The molecule has 0 radical (unpaired) electrons. The molecule has 2 atom stereocenters. The minimum atomic E-state index is -3.33. The van der Waals surface area contributed by atoms with E-state index < -0.39 is 16.1 Å². The Hall–Kier alpha value is -2.54. The fourth-order valence-corrected chi connectivity index (χ4v) is 3.87. The molecule has 1 amide bonds. The number of carbonyl (C=O) groups excluding carboxylic acids is 1. The minimum absolute atomic E-state index is 0.0236. The third-order valence-electron chi connectivity index (χ3n) is 5.14. The molecule has 0 heterocycles. The molecule has 0 aliphatic heterocycles. The number of anilines is 1. The van der Waals surface area contributed by atoms with Crippen LogP contribution in [0.4, 0.5) is 5.69 Å². The van der Waals surface area contributed by atoms with Gasteiger partial charge >= 0.3 is 0 Å². The third kappa shape index (κ3) is 6.49. The summed E-state index contributed by atoms with van der Waals surface area (Å²) in [4.78, 5) is 12.6. The first-order valence-electron chi connectivity index (χ1n) is 9.96. The van der Waals surface area contributed by atoms with Crippen molar-refractivity contribution in [2.24, 2.45) is 0 Å². The minimum Gasteiger partial charge on any atom is -0.481 e. The first-order valence-corrected chi connectivity index (χ1v) is 11.8. The molecule has 0 aliphatic carbocycles. The van der Waals surface area contributed by atoms with E-state index >= 15 is 0 Å². The van der Waals surface area contributed by atoms with E-state index in [1.807, 2.05) is 25.1 Å². The normalized spacial score (nSPS) is 13.9. The van der Waals surface area contributed by atoms with Crippen molar-refractivity contribution < 1.29 is 17.9 Å². The maximum atomic E-state index is 12.6. The molecule has 6 nitrogen and oxygen atoms in total. The number of rotatable bonds is 9. The van der Waals surface area contributed by atoms with Crippen molar-refractivity contribution in [3.8, 4) is 5.75 Å². The molecule has 1 N–H and O–H groups in total. The number of benzene rings is 2. The molecule has 2 aromatic rings. The molecule has 0 unspecified atom stereocenters. The summed E-state index contributed by atoms with van der Waals surface area (Å²) < 4.78 is 30.2. The summed E-state index contributed by atoms with van der Waals surface area (Å²) in [6.07, 6.45) is 1.26. The zero-order valence-corrected chi connectivity index (χ0v) is 19.4. The van der Waals surface area contributed by atoms with Crippen LogP contribution in [0.2, 0.25) is 0 Å². The number of ether oxygens (including phenoxy) is 1. The van der Waals surface area contributed by atoms with Crippen LogP contribution in [0.5, 0.6) is 5.75 Å². The molecule has 2 aromatic carbocycles. The van der Waals surface area contributed by atoms with Crippen LogP contribution in [-0.4, -0.2) is 39.8 Å². The number of sulfonamides is 1. The van der Waals surface area contributed by atoms with Crippen LogP contribution >= 0.6 is 0 Å². The summed E-state index contributed by atoms with van der Waals surface area (Å²) in [5.74, 6) is 0.310. The van der Waals surface area contributed by atoms with Gasteiger partial charge in [-0.05, 0) is 55.5 Å². The second-order valence-electron chi connectivity index (χ2n) is 8.35. The van der Waals surface area contributed by atoms with Crippen LogP contribution in [0, 0.1) is 0 Å². The van der Waals surface area contributed by atoms with Crippen molar-refractivity contribution in [1.29, 1.82) is 0 Å². The van der Waals surface area contributed by atoms with Crippen molar-refractivity contribution in [1.82, 2.24) is 5.32 Å². The smallest absolute Gasteiger partial charge is 0.260 e. The quantitative estimate of drug-likeness (QED) is 0.655. The Balaban J connectivity index is 1.93. The Kier molecular flexibility index (Phi) is 7.53. The van der Waals surface area contributed by atoms with Crippen molar-refractivity contribution in [2.75, 3.05) is 17.6 Å². The molecule has 164 valence electrons. The topological polar surface area (TPSA) is 75.7 Å². The summed E-state index contributed by atoms with van der Waals surface area (Å²) in [6, 6.07) is 16.8. The Morgan fingerprint density at radius 1 is 1.07 bits per heavy atom. The van der Waals surface area contributed by atoms with Crippen LogP contribution < -0.4 is 14.4 Å². The van der Waals surface area contributed by atoms with E-state index in [0.717, 1.165) is 12.7 Å². The fraction of sp³-hybridized carbons (Fsp3) is 0.435. The number of hydrogen-bond donors (Lipinski definition) is 1. The van der Waals surface area contributed by atoms with Gasteiger partial charge in [0.2, 0.25) is 10.0 Å². The molecule has 30 heavy (non-hydrogen) atoms. The number of nitrogens with zero attached hydrogens (tertiary/aromatic N) is 1. The second kappa shape index (κ2) is 9.51. The van der Waals surface area contributed by atoms with Gasteiger partial charge in [0.05, 0.1) is 11.9 Å². The van der Waals surface area contributed by atoms with E-state index in [1.54, 1.807) is 31.2 Å². The summed E-state index contributed by atoms with van der Waals surface area (Å²) in [5, 5.41) is 3.02. The van der Waals surface area contributed by atoms with Crippen molar-refractivity contribution in [2.45, 2.75) is 51.7 Å². The maximum Gasteiger partial charge on any atom is 0.260 e. The predicted molar refractivity (Wildman–Crippen MR) is 121 cm³/mol. The van der Waals surface area contributed by atoms with Crippen molar-refractivity contribution in [3.05, 3.63) is 60.2 Å². The van der Waals surface area contributed by atoms with E-state index in [2.05, 4.69) is 31.3 Å². The largest absolute Gasteiger partial charge is 0.481 e. The van der Waals surface area contributed by atoms with Gasteiger partial charge in [-0.1, -0.05) is 44.2 Å². The lowest BCUT2D eigenvalue weighted by molar-refractivity contribution is -0.128. The Labute approximate surface area is 180 Å². The van der Waals surface area contributed by atoms with Gasteiger partial charge < -0.3 is 10.1 Å². The second-order valence-corrected chi connectivity index (χ2v) is 10.4. The zero-order valence-electron chi connectivity index (χ0n) is 18.5. The van der Waals surface area contributed by atoms with E-state index in [1.165, 1.54) is 16.9 Å². The lowest BCUT2D eigenvalue weighted by Crippen LogP contribution is -2.43. The lowest BCUT2D eigenvalue weighted by atomic mass is 9.79. The van der Waals surface area contributed by atoms with Gasteiger partial charge in [0.15, 0.2) is 6.10 Å². The Morgan fingerprint density at radius 3 is 2.17 bits per heavy atom. The summed E-state index contributed by atoms with van der Waals surface area (Å²) in [5.41, 5.74) is 1.69. The number of amides is 1. The molecule has 7 heteroatoms. The molecule has 0 aliphatic rings. The van der Waals surface area contributed by atoms with E-state index in [-0.39, 0.29) is 17.4 Å². The highest BCUT2D eigenvalue weighted by atomic mass is 32.2. The Bertz CT molecular complexity index is 941. The van der Waals surface area contributed by atoms with Crippen LogP contribution in [-0.2, 0) is 20.2 Å². The highest BCUT2D eigenvalue weighted by Crippen LogP contribution is 2.28. The average molecular weight is 433 g/mol. The number of nitrogens with one attached hydrogen (secondary N) is 1. The molecular formula is C23H32N2O4S. The summed E-state index contributed by atoms with van der Waals surface area (Å²) in [6.45, 7) is 8.02. The highest BCUT2D eigenvalue weighted by Gasteiger charge is 2.25. The predicted octanol–water partition coefficient (Wildman–Crippen LogP) is 3.72. The molecular weight excluding hydrogens is 400 g/mol. The van der Waals surface area contributed by atoms with Crippen LogP contribution in [0.3, 0.4) is 0 Å². The SMILES string of the molecule is C[C@@H](CC(C)(C)c1ccccc1)NC(=O)[C@@H](C)Oc1ccc(N(C)S(C)(=O)=O)cc1.